The summed E-state index contributed by atoms with van der Waals surface area (Å²) in [5, 5.41) is 6.48. The van der Waals surface area contributed by atoms with Crippen LogP contribution in [0.2, 0.25) is 0 Å². The number of benzene rings is 1. The molecule has 0 saturated carbocycles. The number of anilines is 2. The first-order valence-corrected chi connectivity index (χ1v) is 9.32. The van der Waals surface area contributed by atoms with E-state index in [-0.39, 0.29) is 25.1 Å². The summed E-state index contributed by atoms with van der Waals surface area (Å²) in [5.41, 5.74) is 0.859. The molecule has 0 aliphatic carbocycles. The standard InChI is InChI=1S/C19H21FN4O5/c1-12(25)21-13-4-6-23(9-13)17-3-2-14(8-16(17)20)24-10-15(29-19(24)26)11-27-18-5-7-28-22-18/h2-3,5,7-8,13,15H,4,6,9-11H2,1H3,(H,21,25)/t13-,15+/m0/s1. The minimum absolute atomic E-state index is 0.00520. The third kappa shape index (κ3) is 4.25. The summed E-state index contributed by atoms with van der Waals surface area (Å²) < 4.78 is 30.1. The highest BCUT2D eigenvalue weighted by Gasteiger charge is 2.34. The van der Waals surface area contributed by atoms with Gasteiger partial charge < -0.3 is 24.2 Å². The minimum Gasteiger partial charge on any atom is -0.471 e. The number of hydrogen-bond acceptors (Lipinski definition) is 7. The number of rotatable bonds is 6. The number of cyclic esters (lactones) is 1. The monoisotopic (exact) mass is 404 g/mol. The van der Waals surface area contributed by atoms with Gasteiger partial charge in [-0.15, -0.1) is 0 Å². The van der Waals surface area contributed by atoms with Gasteiger partial charge in [0.2, 0.25) is 5.91 Å². The lowest BCUT2D eigenvalue weighted by Crippen LogP contribution is -2.35. The molecule has 1 N–H and O–H groups in total. The fraction of sp³-hybridized carbons (Fsp3) is 0.421. The zero-order chi connectivity index (χ0) is 20.4. The highest BCUT2D eigenvalue weighted by atomic mass is 19.1. The van der Waals surface area contributed by atoms with E-state index in [0.717, 1.165) is 6.42 Å². The lowest BCUT2D eigenvalue weighted by Gasteiger charge is -2.21. The molecule has 2 fully saturated rings. The fourth-order valence-electron chi connectivity index (χ4n) is 3.58. The molecule has 2 aliphatic rings. The SMILES string of the molecule is CC(=O)N[C@H]1CCN(c2ccc(N3C[C@H](COc4ccon4)OC3=O)cc2F)C1. The number of carbonyl (C=O) groups excluding carboxylic acids is 2. The molecule has 9 nitrogen and oxygen atoms in total. The summed E-state index contributed by atoms with van der Waals surface area (Å²) in [4.78, 5) is 26.6. The average molecular weight is 404 g/mol. The van der Waals surface area contributed by atoms with Crippen LogP contribution in [0.25, 0.3) is 0 Å². The second kappa shape index (κ2) is 7.98. The molecule has 0 spiro atoms. The highest BCUT2D eigenvalue weighted by molar-refractivity contribution is 5.90. The molecular formula is C19H21FN4O5. The molecule has 0 radical (unpaired) electrons. The zero-order valence-electron chi connectivity index (χ0n) is 15.8. The average Bonchev–Trinajstić information content (AvgIpc) is 3.41. The third-order valence-corrected chi connectivity index (χ3v) is 4.88. The molecular weight excluding hydrogens is 383 g/mol. The van der Waals surface area contributed by atoms with Crippen LogP contribution in [0.4, 0.5) is 20.6 Å². The molecule has 10 heteroatoms. The zero-order valence-corrected chi connectivity index (χ0v) is 15.8. The van der Waals surface area contributed by atoms with Crippen molar-refractivity contribution < 1.29 is 28.0 Å². The van der Waals surface area contributed by atoms with Gasteiger partial charge in [-0.05, 0) is 29.8 Å². The lowest BCUT2D eigenvalue weighted by atomic mass is 10.2. The largest absolute Gasteiger partial charge is 0.471 e. The van der Waals surface area contributed by atoms with Crippen molar-refractivity contribution in [2.45, 2.75) is 25.5 Å². The number of carbonyl (C=O) groups is 2. The second-order valence-corrected chi connectivity index (χ2v) is 7.03. The molecule has 0 bridgehead atoms. The number of ether oxygens (including phenoxy) is 2. The quantitative estimate of drug-likeness (QED) is 0.786. The Bertz CT molecular complexity index is 891. The predicted octanol–water partition coefficient (Wildman–Crippen LogP) is 1.93. The number of amides is 2. The summed E-state index contributed by atoms with van der Waals surface area (Å²) in [6.07, 6.45) is 1.08. The van der Waals surface area contributed by atoms with Gasteiger partial charge in [0.15, 0.2) is 6.10 Å². The number of hydrogen-bond donors (Lipinski definition) is 1. The fourth-order valence-corrected chi connectivity index (χ4v) is 3.58. The van der Waals surface area contributed by atoms with Gasteiger partial charge in [-0.25, -0.2) is 9.18 Å². The van der Waals surface area contributed by atoms with E-state index in [9.17, 15) is 14.0 Å². The molecule has 4 rings (SSSR count). The Balaban J connectivity index is 1.38. The predicted molar refractivity (Wildman–Crippen MR) is 100 cm³/mol. The molecule has 1 aromatic carbocycles. The van der Waals surface area contributed by atoms with Crippen LogP contribution in [0.3, 0.4) is 0 Å². The molecule has 2 aromatic rings. The van der Waals surface area contributed by atoms with E-state index in [1.807, 2.05) is 4.90 Å². The third-order valence-electron chi connectivity index (χ3n) is 4.88. The molecule has 154 valence electrons. The van der Waals surface area contributed by atoms with Gasteiger partial charge in [0.25, 0.3) is 5.88 Å². The number of nitrogens with one attached hydrogen (secondary N) is 1. The van der Waals surface area contributed by atoms with E-state index in [1.54, 1.807) is 18.2 Å². The normalized spacial score (nSPS) is 21.4. The van der Waals surface area contributed by atoms with Crippen molar-refractivity contribution in [3.63, 3.8) is 0 Å². The summed E-state index contributed by atoms with van der Waals surface area (Å²) >= 11 is 0. The Morgan fingerprint density at radius 3 is 2.97 bits per heavy atom. The first-order chi connectivity index (χ1) is 14.0. The Hall–Kier alpha value is -3.30. The Morgan fingerprint density at radius 2 is 2.24 bits per heavy atom. The summed E-state index contributed by atoms with van der Waals surface area (Å²) in [6, 6.07) is 6.21. The summed E-state index contributed by atoms with van der Waals surface area (Å²) in [5.74, 6) is -0.221. The number of nitrogens with zero attached hydrogens (tertiary/aromatic N) is 3. The van der Waals surface area contributed by atoms with E-state index in [1.165, 1.54) is 24.2 Å². The van der Waals surface area contributed by atoms with Gasteiger partial charge in [0.1, 0.15) is 18.7 Å². The second-order valence-electron chi connectivity index (χ2n) is 7.03. The van der Waals surface area contributed by atoms with Crippen LogP contribution in [-0.4, -0.2) is 55.5 Å². The molecule has 0 unspecified atom stereocenters. The summed E-state index contributed by atoms with van der Waals surface area (Å²) in [6.45, 7) is 3.02. The Kier molecular flexibility index (Phi) is 5.24. The van der Waals surface area contributed by atoms with Gasteiger partial charge in [-0.2, -0.15) is 0 Å². The molecule has 29 heavy (non-hydrogen) atoms. The van der Waals surface area contributed by atoms with Crippen molar-refractivity contribution in [1.82, 2.24) is 10.5 Å². The van der Waals surface area contributed by atoms with E-state index < -0.39 is 18.0 Å². The first kappa shape index (κ1) is 19.0. The molecule has 2 atom stereocenters. The van der Waals surface area contributed by atoms with Crippen LogP contribution in [0.5, 0.6) is 5.88 Å². The van der Waals surface area contributed by atoms with Crippen LogP contribution in [0.15, 0.2) is 35.1 Å². The van der Waals surface area contributed by atoms with Gasteiger partial charge >= 0.3 is 6.09 Å². The minimum atomic E-state index is -0.558. The molecule has 3 heterocycles. The maximum Gasteiger partial charge on any atom is 0.414 e. The lowest BCUT2D eigenvalue weighted by molar-refractivity contribution is -0.119. The van der Waals surface area contributed by atoms with Gasteiger partial charge in [-0.1, -0.05) is 0 Å². The van der Waals surface area contributed by atoms with Gasteiger partial charge in [0, 0.05) is 32.1 Å². The van der Waals surface area contributed by atoms with Crippen LogP contribution >= 0.6 is 0 Å². The van der Waals surface area contributed by atoms with E-state index in [2.05, 4.69) is 15.0 Å². The van der Waals surface area contributed by atoms with Crippen molar-refractivity contribution in [2.24, 2.45) is 0 Å². The Labute approximate surface area is 166 Å². The molecule has 2 aliphatic heterocycles. The number of aromatic nitrogens is 1. The maximum atomic E-state index is 14.8. The van der Waals surface area contributed by atoms with Gasteiger partial charge in [0.05, 0.1) is 17.9 Å². The van der Waals surface area contributed by atoms with Crippen LogP contribution in [-0.2, 0) is 9.53 Å². The van der Waals surface area contributed by atoms with Crippen molar-refractivity contribution >= 4 is 23.4 Å². The van der Waals surface area contributed by atoms with Crippen molar-refractivity contribution in [2.75, 3.05) is 36.0 Å². The summed E-state index contributed by atoms with van der Waals surface area (Å²) in [7, 11) is 0. The van der Waals surface area contributed by atoms with Gasteiger partial charge in [-0.3, -0.25) is 9.69 Å². The van der Waals surface area contributed by atoms with Crippen molar-refractivity contribution in [3.05, 3.63) is 36.3 Å². The van der Waals surface area contributed by atoms with E-state index in [4.69, 9.17) is 9.47 Å². The van der Waals surface area contributed by atoms with Crippen LogP contribution in [0.1, 0.15) is 13.3 Å². The van der Waals surface area contributed by atoms with Crippen LogP contribution < -0.4 is 19.9 Å². The van der Waals surface area contributed by atoms with E-state index in [0.29, 0.717) is 30.3 Å². The van der Waals surface area contributed by atoms with Crippen molar-refractivity contribution in [1.29, 1.82) is 0 Å². The van der Waals surface area contributed by atoms with Crippen molar-refractivity contribution in [3.8, 4) is 5.88 Å². The topological polar surface area (TPSA) is 97.1 Å². The van der Waals surface area contributed by atoms with Crippen LogP contribution in [0, 0.1) is 5.82 Å². The molecule has 2 amide bonds. The molecule has 1 aromatic heterocycles. The van der Waals surface area contributed by atoms with E-state index >= 15 is 0 Å². The Morgan fingerprint density at radius 1 is 1.38 bits per heavy atom. The first-order valence-electron chi connectivity index (χ1n) is 9.32. The smallest absolute Gasteiger partial charge is 0.414 e. The number of halogens is 1. The highest BCUT2D eigenvalue weighted by Crippen LogP contribution is 2.30. The maximum absolute atomic E-state index is 14.8. The molecule has 2 saturated heterocycles.